The van der Waals surface area contributed by atoms with Crippen molar-refractivity contribution in [2.45, 2.75) is 13.0 Å². The predicted molar refractivity (Wildman–Crippen MR) is 117 cm³/mol. The third-order valence-electron chi connectivity index (χ3n) is 4.89. The van der Waals surface area contributed by atoms with E-state index in [-0.39, 0.29) is 5.91 Å². The van der Waals surface area contributed by atoms with Gasteiger partial charge in [-0.1, -0.05) is 30.3 Å². The van der Waals surface area contributed by atoms with Crippen LogP contribution in [-0.4, -0.2) is 23.1 Å². The lowest BCUT2D eigenvalue weighted by molar-refractivity contribution is -0.113. The van der Waals surface area contributed by atoms with Crippen LogP contribution in [-0.2, 0) is 4.79 Å². The molecule has 4 rings (SSSR count). The first kappa shape index (κ1) is 19.6. The summed E-state index contributed by atoms with van der Waals surface area (Å²) in [6.07, 6.45) is 0. The number of ether oxygens (including phenoxy) is 1. The number of para-hydroxylation sites is 1. The van der Waals surface area contributed by atoms with Crippen molar-refractivity contribution in [1.29, 1.82) is 5.26 Å². The Bertz CT molecular complexity index is 1130. The number of methoxy groups -OCH3 is 1. The number of amidine groups is 1. The van der Waals surface area contributed by atoms with Crippen molar-refractivity contribution in [3.63, 3.8) is 0 Å². The molecule has 0 spiro atoms. The number of allylic oxidation sites excluding steroid dienone is 2. The molecule has 1 amide bonds. The van der Waals surface area contributed by atoms with Crippen molar-refractivity contribution >= 4 is 28.5 Å². The Labute approximate surface area is 178 Å². The Morgan fingerprint density at radius 2 is 1.93 bits per heavy atom. The van der Waals surface area contributed by atoms with Gasteiger partial charge in [-0.15, -0.1) is 0 Å². The van der Waals surface area contributed by atoms with Crippen LogP contribution >= 0.6 is 11.8 Å². The molecule has 2 aliphatic heterocycles. The summed E-state index contributed by atoms with van der Waals surface area (Å²) in [7, 11) is 1.60. The lowest BCUT2D eigenvalue weighted by Crippen LogP contribution is -2.39. The van der Waals surface area contributed by atoms with E-state index in [9.17, 15) is 10.1 Å². The van der Waals surface area contributed by atoms with Gasteiger partial charge < -0.3 is 15.8 Å². The Hall–Kier alpha value is -3.70. The highest BCUT2D eigenvalue weighted by Crippen LogP contribution is 2.45. The lowest BCUT2D eigenvalue weighted by atomic mass is 9.93. The van der Waals surface area contributed by atoms with Crippen LogP contribution in [0, 0.1) is 11.3 Å². The first-order chi connectivity index (χ1) is 14.5. The van der Waals surface area contributed by atoms with Gasteiger partial charge in [0.1, 0.15) is 22.5 Å². The minimum absolute atomic E-state index is 0.273. The highest BCUT2D eigenvalue weighted by atomic mass is 32.2. The highest BCUT2D eigenvalue weighted by molar-refractivity contribution is 8.17. The van der Waals surface area contributed by atoms with Gasteiger partial charge in [-0.05, 0) is 48.5 Å². The molecular weight excluding hydrogens is 398 g/mol. The molecule has 2 aromatic rings. The summed E-state index contributed by atoms with van der Waals surface area (Å²) in [5.41, 5.74) is 8.86. The lowest BCUT2D eigenvalue weighted by Gasteiger charge is -2.35. The molecule has 0 radical (unpaired) electrons. The third-order valence-corrected chi connectivity index (χ3v) is 5.86. The normalized spacial score (nSPS) is 18.0. The molecule has 150 valence electrons. The Kier molecular flexibility index (Phi) is 5.21. The summed E-state index contributed by atoms with van der Waals surface area (Å²) in [6, 6.07) is 18.3. The van der Waals surface area contributed by atoms with Gasteiger partial charge in [0.05, 0.1) is 24.4 Å². The Morgan fingerprint density at radius 3 is 2.57 bits per heavy atom. The minimum Gasteiger partial charge on any atom is -0.497 e. The molecule has 2 aliphatic rings. The fourth-order valence-electron chi connectivity index (χ4n) is 3.45. The topological polar surface area (TPSA) is 104 Å². The molecule has 0 saturated heterocycles. The SMILES string of the molecule is COc1ccc([C@@H]2C(C(=O)Nc3ccccc3)=C(C)N=C3SC(C#N)=C(N)N32)cc1. The van der Waals surface area contributed by atoms with Gasteiger partial charge in [-0.2, -0.15) is 5.26 Å². The number of hydrogen-bond donors (Lipinski definition) is 2. The molecule has 1 atom stereocenters. The second-order valence-corrected chi connectivity index (χ2v) is 7.67. The van der Waals surface area contributed by atoms with Crippen LogP contribution in [0.3, 0.4) is 0 Å². The Balaban J connectivity index is 1.81. The van der Waals surface area contributed by atoms with E-state index in [2.05, 4.69) is 16.4 Å². The summed E-state index contributed by atoms with van der Waals surface area (Å²) in [5.74, 6) is 0.724. The zero-order valence-electron chi connectivity index (χ0n) is 16.4. The van der Waals surface area contributed by atoms with E-state index in [0.717, 1.165) is 5.56 Å². The van der Waals surface area contributed by atoms with E-state index in [1.54, 1.807) is 18.9 Å². The number of nitrogens with one attached hydrogen (secondary N) is 1. The number of benzene rings is 2. The minimum atomic E-state index is -0.523. The maximum absolute atomic E-state index is 13.3. The van der Waals surface area contributed by atoms with E-state index in [1.165, 1.54) is 11.8 Å². The number of nitrogens with two attached hydrogens (primary N) is 1. The summed E-state index contributed by atoms with van der Waals surface area (Å²) < 4.78 is 5.26. The van der Waals surface area contributed by atoms with Crippen LogP contribution in [0.4, 0.5) is 5.69 Å². The number of hydrogen-bond acceptors (Lipinski definition) is 7. The van der Waals surface area contributed by atoms with Gasteiger partial charge in [0.2, 0.25) is 0 Å². The summed E-state index contributed by atoms with van der Waals surface area (Å²) in [6.45, 7) is 1.79. The van der Waals surface area contributed by atoms with Gasteiger partial charge in [-0.3, -0.25) is 9.69 Å². The average molecular weight is 417 g/mol. The first-order valence-corrected chi connectivity index (χ1v) is 10.0. The molecule has 0 unspecified atom stereocenters. The number of nitrogens with zero attached hydrogens (tertiary/aromatic N) is 3. The number of carbonyl (C=O) groups is 1. The van der Waals surface area contributed by atoms with Crippen molar-refractivity contribution in [2.75, 3.05) is 12.4 Å². The van der Waals surface area contributed by atoms with Crippen LogP contribution in [0.15, 0.2) is 81.6 Å². The van der Waals surface area contributed by atoms with Crippen molar-refractivity contribution < 1.29 is 9.53 Å². The van der Waals surface area contributed by atoms with Crippen molar-refractivity contribution in [3.05, 3.63) is 82.2 Å². The van der Waals surface area contributed by atoms with Gasteiger partial charge >= 0.3 is 0 Å². The molecule has 8 heteroatoms. The summed E-state index contributed by atoms with van der Waals surface area (Å²) in [5, 5.41) is 13.0. The molecule has 7 nitrogen and oxygen atoms in total. The molecule has 0 aliphatic carbocycles. The quantitative estimate of drug-likeness (QED) is 0.786. The number of thioether (sulfide) groups is 1. The van der Waals surface area contributed by atoms with Gasteiger partial charge in [-0.25, -0.2) is 4.99 Å². The second kappa shape index (κ2) is 7.97. The summed E-state index contributed by atoms with van der Waals surface area (Å²) >= 11 is 1.21. The van der Waals surface area contributed by atoms with Crippen LogP contribution in [0.5, 0.6) is 5.75 Å². The average Bonchev–Trinajstić information content (AvgIpc) is 3.08. The fraction of sp³-hybridized carbons (Fsp3) is 0.136. The predicted octanol–water partition coefficient (Wildman–Crippen LogP) is 3.72. The number of rotatable bonds is 4. The number of carbonyl (C=O) groups excluding carboxylic acids is 1. The third kappa shape index (κ3) is 3.40. The second-order valence-electron chi connectivity index (χ2n) is 6.69. The Morgan fingerprint density at radius 1 is 1.23 bits per heavy atom. The smallest absolute Gasteiger partial charge is 0.255 e. The van der Waals surface area contributed by atoms with Crippen molar-refractivity contribution in [3.8, 4) is 11.8 Å². The van der Waals surface area contributed by atoms with Gasteiger partial charge in [0, 0.05) is 5.69 Å². The number of aliphatic imine (C=N–C) groups is 1. The molecule has 2 heterocycles. The first-order valence-electron chi connectivity index (χ1n) is 9.20. The van der Waals surface area contributed by atoms with Gasteiger partial charge in [0.25, 0.3) is 5.91 Å². The van der Waals surface area contributed by atoms with Crippen LogP contribution in [0.1, 0.15) is 18.5 Å². The van der Waals surface area contributed by atoms with E-state index in [0.29, 0.717) is 38.6 Å². The molecule has 0 fully saturated rings. The highest BCUT2D eigenvalue weighted by Gasteiger charge is 2.42. The zero-order chi connectivity index (χ0) is 21.3. The molecule has 30 heavy (non-hydrogen) atoms. The maximum Gasteiger partial charge on any atom is 0.255 e. The fourth-order valence-corrected chi connectivity index (χ4v) is 4.37. The largest absolute Gasteiger partial charge is 0.497 e. The van der Waals surface area contributed by atoms with Crippen molar-refractivity contribution in [1.82, 2.24) is 4.90 Å². The molecule has 0 aromatic heterocycles. The van der Waals surface area contributed by atoms with Crippen LogP contribution in [0.25, 0.3) is 0 Å². The van der Waals surface area contributed by atoms with Crippen LogP contribution in [0.2, 0.25) is 0 Å². The molecule has 2 aromatic carbocycles. The zero-order valence-corrected chi connectivity index (χ0v) is 17.2. The van der Waals surface area contributed by atoms with E-state index in [1.807, 2.05) is 54.6 Å². The van der Waals surface area contributed by atoms with Gasteiger partial charge in [0.15, 0.2) is 5.17 Å². The molecule has 0 bridgehead atoms. The van der Waals surface area contributed by atoms with Crippen molar-refractivity contribution in [2.24, 2.45) is 10.7 Å². The number of fused-ring (bicyclic) bond motifs is 1. The number of anilines is 1. The molecule has 0 saturated carbocycles. The monoisotopic (exact) mass is 417 g/mol. The van der Waals surface area contributed by atoms with E-state index >= 15 is 0 Å². The standard InChI is InChI=1S/C22H19N5O2S/c1-13-18(21(28)26-15-6-4-3-5-7-15)19(14-8-10-16(29-2)11-9-14)27-20(24)17(12-23)30-22(27)25-13/h3-11,19H,24H2,1-2H3,(H,26,28)/t19-/m1/s1. The number of nitriles is 1. The van der Waals surface area contributed by atoms with Crippen LogP contribution < -0.4 is 15.8 Å². The van der Waals surface area contributed by atoms with E-state index < -0.39 is 6.04 Å². The maximum atomic E-state index is 13.3. The number of amides is 1. The molecule has 3 N–H and O–H groups in total. The van der Waals surface area contributed by atoms with E-state index in [4.69, 9.17) is 10.5 Å². The summed E-state index contributed by atoms with van der Waals surface area (Å²) in [4.78, 5) is 20.0. The molecular formula is C22H19N5O2S.